The summed E-state index contributed by atoms with van der Waals surface area (Å²) in [5, 5.41) is 9.18. The second-order valence-electron chi connectivity index (χ2n) is 3.65. The Morgan fingerprint density at radius 3 is 2.88 bits per heavy atom. The third kappa shape index (κ3) is 2.84. The predicted molar refractivity (Wildman–Crippen MR) is 69.1 cm³/mol. The number of halogens is 1. The van der Waals surface area contributed by atoms with Gasteiger partial charge in [0.1, 0.15) is 5.75 Å². The molecule has 1 aromatic carbocycles. The Balaban J connectivity index is 2.28. The molecule has 0 saturated heterocycles. The van der Waals surface area contributed by atoms with Gasteiger partial charge in [0, 0.05) is 16.2 Å². The van der Waals surface area contributed by atoms with Gasteiger partial charge in [0.2, 0.25) is 0 Å². The molecule has 0 aliphatic heterocycles. The molecule has 0 atom stereocenters. The molecule has 1 N–H and O–H groups in total. The van der Waals surface area contributed by atoms with Crippen molar-refractivity contribution >= 4 is 15.9 Å². The molecule has 0 bridgehead atoms. The largest absolute Gasteiger partial charge is 0.455 e. The Morgan fingerprint density at radius 1 is 1.35 bits per heavy atom. The molecule has 88 valence electrons. The van der Waals surface area contributed by atoms with Crippen LogP contribution in [0.2, 0.25) is 0 Å². The summed E-state index contributed by atoms with van der Waals surface area (Å²) in [6.07, 6.45) is 3.23. The topological polar surface area (TPSA) is 42.4 Å². The van der Waals surface area contributed by atoms with Crippen molar-refractivity contribution in [2.45, 2.75) is 13.5 Å². The molecule has 0 spiro atoms. The van der Waals surface area contributed by atoms with Gasteiger partial charge in [0.25, 0.3) is 0 Å². The standard InChI is InChI=1S/C13H12BrNO2/c1-9-6-11(2-3-12(9)14)17-13-7-15-5-4-10(13)8-16/h2-7,16H,8H2,1H3. The van der Waals surface area contributed by atoms with Crippen LogP contribution in [0.1, 0.15) is 11.1 Å². The van der Waals surface area contributed by atoms with Gasteiger partial charge in [0.15, 0.2) is 5.75 Å². The van der Waals surface area contributed by atoms with Crippen LogP contribution in [0.4, 0.5) is 0 Å². The number of aryl methyl sites for hydroxylation is 1. The van der Waals surface area contributed by atoms with Gasteiger partial charge in [-0.15, -0.1) is 0 Å². The number of aliphatic hydroxyl groups excluding tert-OH is 1. The Morgan fingerprint density at radius 2 is 2.18 bits per heavy atom. The number of nitrogens with zero attached hydrogens (tertiary/aromatic N) is 1. The summed E-state index contributed by atoms with van der Waals surface area (Å²) in [5.41, 5.74) is 1.82. The van der Waals surface area contributed by atoms with E-state index in [1.54, 1.807) is 18.5 Å². The lowest BCUT2D eigenvalue weighted by Gasteiger charge is -2.09. The van der Waals surface area contributed by atoms with E-state index in [0.29, 0.717) is 5.75 Å². The van der Waals surface area contributed by atoms with Crippen molar-refractivity contribution < 1.29 is 9.84 Å². The molecule has 1 aromatic heterocycles. The van der Waals surface area contributed by atoms with Crippen molar-refractivity contribution in [3.8, 4) is 11.5 Å². The number of ether oxygens (including phenoxy) is 1. The number of aliphatic hydroxyl groups is 1. The molecule has 0 aliphatic carbocycles. The summed E-state index contributed by atoms with van der Waals surface area (Å²) in [7, 11) is 0. The average Bonchev–Trinajstić information content (AvgIpc) is 2.34. The highest BCUT2D eigenvalue weighted by atomic mass is 79.9. The van der Waals surface area contributed by atoms with Gasteiger partial charge in [-0.1, -0.05) is 15.9 Å². The molecular weight excluding hydrogens is 282 g/mol. The van der Waals surface area contributed by atoms with Crippen LogP contribution in [-0.2, 0) is 6.61 Å². The number of hydrogen-bond donors (Lipinski definition) is 1. The molecule has 2 aromatic rings. The van der Waals surface area contributed by atoms with Crippen molar-refractivity contribution in [2.75, 3.05) is 0 Å². The van der Waals surface area contributed by atoms with Crippen molar-refractivity contribution in [2.24, 2.45) is 0 Å². The van der Waals surface area contributed by atoms with E-state index in [1.165, 1.54) is 0 Å². The maximum atomic E-state index is 9.18. The molecule has 0 fully saturated rings. The van der Waals surface area contributed by atoms with Gasteiger partial charge in [-0.25, -0.2) is 0 Å². The van der Waals surface area contributed by atoms with E-state index in [9.17, 15) is 5.11 Å². The van der Waals surface area contributed by atoms with Gasteiger partial charge in [-0.3, -0.25) is 4.98 Å². The smallest absolute Gasteiger partial charge is 0.151 e. The molecular formula is C13H12BrNO2. The van der Waals surface area contributed by atoms with Gasteiger partial charge >= 0.3 is 0 Å². The summed E-state index contributed by atoms with van der Waals surface area (Å²) >= 11 is 3.44. The van der Waals surface area contributed by atoms with Crippen LogP contribution >= 0.6 is 15.9 Å². The molecule has 0 unspecified atom stereocenters. The second-order valence-corrected chi connectivity index (χ2v) is 4.51. The van der Waals surface area contributed by atoms with Crippen molar-refractivity contribution in [1.82, 2.24) is 4.98 Å². The minimum atomic E-state index is -0.0621. The number of pyridine rings is 1. The highest BCUT2D eigenvalue weighted by molar-refractivity contribution is 9.10. The molecule has 0 aliphatic rings. The Labute approximate surface area is 108 Å². The SMILES string of the molecule is Cc1cc(Oc2cnccc2CO)ccc1Br. The molecule has 0 amide bonds. The Bertz CT molecular complexity index is 529. The number of rotatable bonds is 3. The monoisotopic (exact) mass is 293 g/mol. The zero-order chi connectivity index (χ0) is 12.3. The predicted octanol–water partition coefficient (Wildman–Crippen LogP) is 3.44. The molecule has 3 nitrogen and oxygen atoms in total. The minimum absolute atomic E-state index is 0.0621. The highest BCUT2D eigenvalue weighted by Crippen LogP contribution is 2.27. The number of benzene rings is 1. The lowest BCUT2D eigenvalue weighted by molar-refractivity contribution is 0.276. The van der Waals surface area contributed by atoms with Gasteiger partial charge in [-0.2, -0.15) is 0 Å². The van der Waals surface area contributed by atoms with E-state index in [1.807, 2.05) is 25.1 Å². The van der Waals surface area contributed by atoms with E-state index in [2.05, 4.69) is 20.9 Å². The van der Waals surface area contributed by atoms with Crippen molar-refractivity contribution in [3.05, 3.63) is 52.3 Å². The molecule has 2 rings (SSSR count). The van der Waals surface area contributed by atoms with Crippen LogP contribution in [0, 0.1) is 6.92 Å². The molecule has 1 heterocycles. The van der Waals surface area contributed by atoms with Crippen LogP contribution in [0.15, 0.2) is 41.1 Å². The van der Waals surface area contributed by atoms with Crippen LogP contribution in [0.5, 0.6) is 11.5 Å². The van der Waals surface area contributed by atoms with Crippen LogP contribution in [0.25, 0.3) is 0 Å². The van der Waals surface area contributed by atoms with E-state index < -0.39 is 0 Å². The van der Waals surface area contributed by atoms with E-state index in [0.717, 1.165) is 21.3 Å². The van der Waals surface area contributed by atoms with Crippen molar-refractivity contribution in [1.29, 1.82) is 0 Å². The average molecular weight is 294 g/mol. The zero-order valence-corrected chi connectivity index (χ0v) is 10.9. The van der Waals surface area contributed by atoms with Gasteiger partial charge in [-0.05, 0) is 36.8 Å². The maximum absolute atomic E-state index is 9.18. The Kier molecular flexibility index (Phi) is 3.76. The lowest BCUT2D eigenvalue weighted by atomic mass is 10.2. The fourth-order valence-corrected chi connectivity index (χ4v) is 1.69. The number of hydrogen-bond acceptors (Lipinski definition) is 3. The second kappa shape index (κ2) is 5.29. The summed E-state index contributed by atoms with van der Waals surface area (Å²) in [6.45, 7) is 1.93. The molecule has 0 radical (unpaired) electrons. The van der Waals surface area contributed by atoms with Gasteiger partial charge in [0.05, 0.1) is 12.8 Å². The van der Waals surface area contributed by atoms with Crippen LogP contribution in [0.3, 0.4) is 0 Å². The third-order valence-electron chi connectivity index (χ3n) is 2.40. The van der Waals surface area contributed by atoms with E-state index >= 15 is 0 Å². The van der Waals surface area contributed by atoms with Crippen molar-refractivity contribution in [3.63, 3.8) is 0 Å². The van der Waals surface area contributed by atoms with Crippen LogP contribution < -0.4 is 4.74 Å². The third-order valence-corrected chi connectivity index (χ3v) is 3.29. The molecule has 17 heavy (non-hydrogen) atoms. The van der Waals surface area contributed by atoms with E-state index in [4.69, 9.17) is 4.74 Å². The zero-order valence-electron chi connectivity index (χ0n) is 9.35. The quantitative estimate of drug-likeness (QED) is 0.943. The lowest BCUT2D eigenvalue weighted by Crippen LogP contribution is -1.92. The first-order valence-corrected chi connectivity index (χ1v) is 5.98. The summed E-state index contributed by atoms with van der Waals surface area (Å²) in [6, 6.07) is 7.46. The van der Waals surface area contributed by atoms with E-state index in [-0.39, 0.29) is 6.61 Å². The first-order valence-electron chi connectivity index (χ1n) is 5.18. The summed E-state index contributed by atoms with van der Waals surface area (Å²) < 4.78 is 6.73. The number of aromatic nitrogens is 1. The fourth-order valence-electron chi connectivity index (χ4n) is 1.44. The molecule has 0 saturated carbocycles. The van der Waals surface area contributed by atoms with Crippen LogP contribution in [-0.4, -0.2) is 10.1 Å². The maximum Gasteiger partial charge on any atom is 0.151 e. The minimum Gasteiger partial charge on any atom is -0.455 e. The highest BCUT2D eigenvalue weighted by Gasteiger charge is 2.05. The van der Waals surface area contributed by atoms with Gasteiger partial charge < -0.3 is 9.84 Å². The molecule has 4 heteroatoms. The first kappa shape index (κ1) is 12.1. The summed E-state index contributed by atoms with van der Waals surface area (Å²) in [4.78, 5) is 3.98. The summed E-state index contributed by atoms with van der Waals surface area (Å²) in [5.74, 6) is 1.31. The normalized spacial score (nSPS) is 10.3. The first-order chi connectivity index (χ1) is 8.20. The Hall–Kier alpha value is -1.39. The fraction of sp³-hybridized carbons (Fsp3) is 0.154.